The molecule has 1 rings (SSSR count). The Morgan fingerprint density at radius 1 is 1.43 bits per heavy atom. The van der Waals surface area contributed by atoms with Gasteiger partial charge in [0.05, 0.1) is 11.1 Å². The minimum absolute atomic E-state index is 0.00546. The first kappa shape index (κ1) is 11.3. The summed E-state index contributed by atoms with van der Waals surface area (Å²) in [6, 6.07) is 7.98. The van der Waals surface area contributed by atoms with Crippen molar-refractivity contribution >= 4 is 17.3 Å². The Labute approximate surface area is 90.6 Å². The summed E-state index contributed by atoms with van der Waals surface area (Å²) < 4.78 is 0. The highest BCUT2D eigenvalue weighted by atomic mass is 35.5. The lowest BCUT2D eigenvalue weighted by Crippen LogP contribution is -2.32. The zero-order valence-electron chi connectivity index (χ0n) is 8.70. The Bertz CT molecular complexity index is 286. The lowest BCUT2D eigenvalue weighted by molar-refractivity contribution is 0.797. The third-order valence-corrected chi connectivity index (χ3v) is 2.37. The maximum absolute atomic E-state index is 6.07. The van der Waals surface area contributed by atoms with Crippen LogP contribution < -0.4 is 10.9 Å². The van der Waals surface area contributed by atoms with Gasteiger partial charge in [-0.15, -0.1) is 11.6 Å². The van der Waals surface area contributed by atoms with Gasteiger partial charge in [0.1, 0.15) is 0 Å². The van der Waals surface area contributed by atoms with E-state index in [2.05, 4.69) is 6.92 Å². The third-order valence-electron chi connectivity index (χ3n) is 2.14. The predicted octanol–water partition coefficient (Wildman–Crippen LogP) is 3.08. The Balaban J connectivity index is 2.94. The number of para-hydroxylation sites is 1. The lowest BCUT2D eigenvalue weighted by Gasteiger charge is -2.22. The summed E-state index contributed by atoms with van der Waals surface area (Å²) in [6.45, 7) is 4.91. The van der Waals surface area contributed by atoms with E-state index in [1.807, 2.05) is 31.2 Å². The molecule has 1 unspecified atom stereocenters. The number of anilines is 1. The topological polar surface area (TPSA) is 29.3 Å². The molecule has 0 aromatic heterocycles. The number of halogens is 1. The number of hydrogen-bond donors (Lipinski definition) is 1. The standard InChI is InChI=1S/C11H17ClN2/c1-3-8-14(13)11-7-5-4-6-10(11)9(2)12/h4-7,9H,3,8,13H2,1-2H3. The van der Waals surface area contributed by atoms with Gasteiger partial charge in [0.15, 0.2) is 0 Å². The van der Waals surface area contributed by atoms with Crippen molar-refractivity contribution in [2.45, 2.75) is 25.6 Å². The van der Waals surface area contributed by atoms with Gasteiger partial charge in [0.2, 0.25) is 0 Å². The minimum Gasteiger partial charge on any atom is -0.311 e. The average molecular weight is 213 g/mol. The Hall–Kier alpha value is -0.730. The van der Waals surface area contributed by atoms with E-state index in [9.17, 15) is 0 Å². The summed E-state index contributed by atoms with van der Waals surface area (Å²) >= 11 is 6.07. The van der Waals surface area contributed by atoms with Gasteiger partial charge < -0.3 is 5.01 Å². The third kappa shape index (κ3) is 2.63. The van der Waals surface area contributed by atoms with Crippen LogP contribution in [-0.4, -0.2) is 6.54 Å². The molecule has 0 heterocycles. The maximum Gasteiger partial charge on any atom is 0.0578 e. The summed E-state index contributed by atoms with van der Waals surface area (Å²) in [5.74, 6) is 5.92. The molecule has 0 saturated carbocycles. The molecule has 2 N–H and O–H groups in total. The van der Waals surface area contributed by atoms with Crippen LogP contribution >= 0.6 is 11.6 Å². The van der Waals surface area contributed by atoms with Crippen LogP contribution in [0.4, 0.5) is 5.69 Å². The molecule has 0 saturated heterocycles. The van der Waals surface area contributed by atoms with E-state index in [0.29, 0.717) is 0 Å². The SMILES string of the molecule is CCCN(N)c1ccccc1C(C)Cl. The van der Waals surface area contributed by atoms with Crippen molar-refractivity contribution in [2.24, 2.45) is 5.84 Å². The molecule has 0 radical (unpaired) electrons. The van der Waals surface area contributed by atoms with Crippen molar-refractivity contribution in [1.29, 1.82) is 0 Å². The quantitative estimate of drug-likeness (QED) is 0.472. The number of rotatable bonds is 4. The molecule has 1 aromatic rings. The van der Waals surface area contributed by atoms with Crippen molar-refractivity contribution in [3.05, 3.63) is 29.8 Å². The van der Waals surface area contributed by atoms with Gasteiger partial charge in [-0.05, 0) is 25.0 Å². The fraction of sp³-hybridized carbons (Fsp3) is 0.455. The average Bonchev–Trinajstić information content (AvgIpc) is 2.18. The van der Waals surface area contributed by atoms with Crippen LogP contribution in [0.15, 0.2) is 24.3 Å². The van der Waals surface area contributed by atoms with Crippen LogP contribution in [0.3, 0.4) is 0 Å². The van der Waals surface area contributed by atoms with Crippen LogP contribution in [0.5, 0.6) is 0 Å². The van der Waals surface area contributed by atoms with Crippen molar-refractivity contribution in [3.8, 4) is 0 Å². The summed E-state index contributed by atoms with van der Waals surface area (Å²) in [6.07, 6.45) is 1.03. The molecular weight excluding hydrogens is 196 g/mol. The monoisotopic (exact) mass is 212 g/mol. The summed E-state index contributed by atoms with van der Waals surface area (Å²) in [5.41, 5.74) is 2.11. The molecule has 3 heteroatoms. The highest BCUT2D eigenvalue weighted by molar-refractivity contribution is 6.21. The van der Waals surface area contributed by atoms with Crippen LogP contribution in [0.25, 0.3) is 0 Å². The first-order chi connectivity index (χ1) is 6.66. The molecule has 0 fully saturated rings. The molecule has 2 nitrogen and oxygen atoms in total. The smallest absolute Gasteiger partial charge is 0.0578 e. The lowest BCUT2D eigenvalue weighted by atomic mass is 10.1. The number of hydrazine groups is 1. The van der Waals surface area contributed by atoms with Gasteiger partial charge in [-0.25, -0.2) is 5.84 Å². The fourth-order valence-corrected chi connectivity index (χ4v) is 1.63. The molecule has 0 amide bonds. The number of nitrogens with zero attached hydrogens (tertiary/aromatic N) is 1. The maximum atomic E-state index is 6.07. The molecular formula is C11H17ClN2. The summed E-state index contributed by atoms with van der Waals surface area (Å²) in [5, 5.41) is 1.75. The van der Waals surface area contributed by atoms with Crippen LogP contribution in [0.2, 0.25) is 0 Å². The molecule has 0 aliphatic carbocycles. The van der Waals surface area contributed by atoms with Crippen molar-refractivity contribution in [1.82, 2.24) is 0 Å². The van der Waals surface area contributed by atoms with Gasteiger partial charge in [-0.1, -0.05) is 25.1 Å². The highest BCUT2D eigenvalue weighted by Gasteiger charge is 2.10. The molecule has 0 bridgehead atoms. The molecule has 0 aliphatic heterocycles. The van der Waals surface area contributed by atoms with Crippen LogP contribution in [0.1, 0.15) is 31.2 Å². The van der Waals surface area contributed by atoms with Gasteiger partial charge in [-0.3, -0.25) is 0 Å². The first-order valence-corrected chi connectivity index (χ1v) is 5.35. The molecule has 78 valence electrons. The van der Waals surface area contributed by atoms with Crippen molar-refractivity contribution in [2.75, 3.05) is 11.6 Å². The van der Waals surface area contributed by atoms with Gasteiger partial charge >= 0.3 is 0 Å². The van der Waals surface area contributed by atoms with Crippen LogP contribution in [0, 0.1) is 0 Å². The molecule has 1 atom stereocenters. The second kappa shape index (κ2) is 5.23. The first-order valence-electron chi connectivity index (χ1n) is 4.92. The van der Waals surface area contributed by atoms with E-state index in [0.717, 1.165) is 24.2 Å². The molecule has 0 spiro atoms. The fourth-order valence-electron chi connectivity index (χ4n) is 1.45. The van der Waals surface area contributed by atoms with E-state index >= 15 is 0 Å². The molecule has 1 aromatic carbocycles. The Morgan fingerprint density at radius 3 is 2.64 bits per heavy atom. The zero-order valence-corrected chi connectivity index (χ0v) is 9.46. The second-order valence-corrected chi connectivity index (χ2v) is 4.02. The number of benzene rings is 1. The summed E-state index contributed by atoms with van der Waals surface area (Å²) in [4.78, 5) is 0. The predicted molar refractivity (Wildman–Crippen MR) is 62.5 cm³/mol. The van der Waals surface area contributed by atoms with Crippen molar-refractivity contribution in [3.63, 3.8) is 0 Å². The second-order valence-electron chi connectivity index (χ2n) is 3.37. The van der Waals surface area contributed by atoms with Crippen LogP contribution in [-0.2, 0) is 0 Å². The number of alkyl halides is 1. The molecule has 0 aliphatic rings. The van der Waals surface area contributed by atoms with Gasteiger partial charge in [0.25, 0.3) is 0 Å². The molecule has 14 heavy (non-hydrogen) atoms. The normalized spacial score (nSPS) is 12.6. The highest BCUT2D eigenvalue weighted by Crippen LogP contribution is 2.28. The summed E-state index contributed by atoms with van der Waals surface area (Å²) in [7, 11) is 0. The van der Waals surface area contributed by atoms with E-state index in [4.69, 9.17) is 17.4 Å². The largest absolute Gasteiger partial charge is 0.311 e. The van der Waals surface area contributed by atoms with E-state index in [1.165, 1.54) is 0 Å². The number of hydrogen-bond acceptors (Lipinski definition) is 2. The van der Waals surface area contributed by atoms with E-state index in [1.54, 1.807) is 5.01 Å². The Kier molecular flexibility index (Phi) is 4.23. The number of nitrogens with two attached hydrogens (primary N) is 1. The van der Waals surface area contributed by atoms with E-state index in [-0.39, 0.29) is 5.38 Å². The van der Waals surface area contributed by atoms with Gasteiger partial charge in [0, 0.05) is 6.54 Å². The Morgan fingerprint density at radius 2 is 2.07 bits per heavy atom. The zero-order chi connectivity index (χ0) is 10.6. The van der Waals surface area contributed by atoms with Crippen molar-refractivity contribution < 1.29 is 0 Å². The van der Waals surface area contributed by atoms with E-state index < -0.39 is 0 Å². The van der Waals surface area contributed by atoms with Gasteiger partial charge in [-0.2, -0.15) is 0 Å². The minimum atomic E-state index is -0.00546.